The van der Waals surface area contributed by atoms with E-state index in [4.69, 9.17) is 4.74 Å². The zero-order valence-electron chi connectivity index (χ0n) is 15.7. The van der Waals surface area contributed by atoms with Crippen molar-refractivity contribution >= 4 is 6.09 Å². The lowest BCUT2D eigenvalue weighted by Gasteiger charge is -2.33. The van der Waals surface area contributed by atoms with Crippen molar-refractivity contribution in [3.8, 4) is 0 Å². The van der Waals surface area contributed by atoms with Crippen LogP contribution in [-0.4, -0.2) is 30.8 Å². The minimum absolute atomic E-state index is 0.290. The van der Waals surface area contributed by atoms with Crippen LogP contribution in [0.15, 0.2) is 0 Å². The van der Waals surface area contributed by atoms with Crippen LogP contribution in [0.25, 0.3) is 0 Å². The molecule has 2 atom stereocenters. The van der Waals surface area contributed by atoms with Crippen LogP contribution in [0.1, 0.15) is 85.5 Å². The summed E-state index contributed by atoms with van der Waals surface area (Å²) in [5.41, 5.74) is -0.424. The third-order valence-corrected chi connectivity index (χ3v) is 4.50. The molecule has 2 unspecified atom stereocenters. The highest BCUT2D eigenvalue weighted by molar-refractivity contribution is 5.67. The number of amides is 1. The molecular weight excluding hydrogens is 288 g/mol. The molecule has 1 fully saturated rings. The van der Waals surface area contributed by atoms with Gasteiger partial charge in [-0.3, -0.25) is 0 Å². The van der Waals surface area contributed by atoms with Gasteiger partial charge in [-0.15, -0.1) is 0 Å². The van der Waals surface area contributed by atoms with Crippen LogP contribution < -0.4 is 10.6 Å². The average molecular weight is 327 g/mol. The third kappa shape index (κ3) is 9.85. The fourth-order valence-corrected chi connectivity index (χ4v) is 3.27. The molecule has 136 valence electrons. The van der Waals surface area contributed by atoms with Crippen molar-refractivity contribution in [1.29, 1.82) is 0 Å². The van der Waals surface area contributed by atoms with Crippen molar-refractivity contribution < 1.29 is 9.53 Å². The van der Waals surface area contributed by atoms with Gasteiger partial charge in [-0.1, -0.05) is 45.4 Å². The molecule has 1 rings (SSSR count). The Labute approximate surface area is 143 Å². The molecule has 0 radical (unpaired) electrons. The summed E-state index contributed by atoms with van der Waals surface area (Å²) in [6.45, 7) is 9.78. The first-order valence-electron chi connectivity index (χ1n) is 9.62. The predicted molar refractivity (Wildman–Crippen MR) is 96.7 cm³/mol. The van der Waals surface area contributed by atoms with Gasteiger partial charge < -0.3 is 15.4 Å². The number of ether oxygens (including phenoxy) is 1. The number of hydrogen-bond donors (Lipinski definition) is 2. The summed E-state index contributed by atoms with van der Waals surface area (Å²) in [5, 5.41) is 6.68. The second-order valence-corrected chi connectivity index (χ2v) is 7.90. The Balaban J connectivity index is 2.24. The van der Waals surface area contributed by atoms with Crippen molar-refractivity contribution in [3.05, 3.63) is 0 Å². The Bertz CT molecular complexity index is 326. The number of unbranched alkanes of at least 4 members (excludes halogenated alkanes) is 4. The Morgan fingerprint density at radius 1 is 1.09 bits per heavy atom. The smallest absolute Gasteiger partial charge is 0.407 e. The van der Waals surface area contributed by atoms with E-state index >= 15 is 0 Å². The Hall–Kier alpha value is -0.770. The molecule has 4 nitrogen and oxygen atoms in total. The SMILES string of the molecule is CCCCCCCNC1CCCCC1CNC(=O)OC(C)(C)C. The van der Waals surface area contributed by atoms with Crippen LogP contribution in [0.4, 0.5) is 4.79 Å². The first-order valence-corrected chi connectivity index (χ1v) is 9.62. The summed E-state index contributed by atoms with van der Waals surface area (Å²) in [6, 6.07) is 0.546. The molecule has 0 aromatic rings. The van der Waals surface area contributed by atoms with E-state index in [2.05, 4.69) is 17.6 Å². The first-order chi connectivity index (χ1) is 10.9. The molecule has 0 saturated heterocycles. The van der Waals surface area contributed by atoms with Gasteiger partial charge in [0, 0.05) is 12.6 Å². The van der Waals surface area contributed by atoms with Crippen LogP contribution in [-0.2, 0) is 4.74 Å². The van der Waals surface area contributed by atoms with Crippen LogP contribution in [0.2, 0.25) is 0 Å². The van der Waals surface area contributed by atoms with Gasteiger partial charge in [0.05, 0.1) is 0 Å². The van der Waals surface area contributed by atoms with E-state index in [1.54, 1.807) is 0 Å². The molecular formula is C19H38N2O2. The van der Waals surface area contributed by atoms with E-state index in [0.717, 1.165) is 13.1 Å². The number of carbonyl (C=O) groups is 1. The highest BCUT2D eigenvalue weighted by atomic mass is 16.6. The van der Waals surface area contributed by atoms with Gasteiger partial charge in [0.1, 0.15) is 5.60 Å². The highest BCUT2D eigenvalue weighted by Gasteiger charge is 2.25. The quantitative estimate of drug-likeness (QED) is 0.607. The number of alkyl carbamates (subject to hydrolysis) is 1. The number of hydrogen-bond acceptors (Lipinski definition) is 3. The molecule has 1 amide bonds. The maximum Gasteiger partial charge on any atom is 0.407 e. The van der Waals surface area contributed by atoms with Gasteiger partial charge in [-0.25, -0.2) is 4.79 Å². The molecule has 0 heterocycles. The van der Waals surface area contributed by atoms with E-state index in [1.807, 2.05) is 20.8 Å². The normalized spacial score (nSPS) is 21.9. The first kappa shape index (κ1) is 20.3. The lowest BCUT2D eigenvalue weighted by Crippen LogP contribution is -2.45. The van der Waals surface area contributed by atoms with Crippen molar-refractivity contribution in [2.75, 3.05) is 13.1 Å². The van der Waals surface area contributed by atoms with Gasteiger partial charge in [-0.2, -0.15) is 0 Å². The topological polar surface area (TPSA) is 50.4 Å². The van der Waals surface area contributed by atoms with Crippen molar-refractivity contribution in [3.63, 3.8) is 0 Å². The lowest BCUT2D eigenvalue weighted by atomic mass is 9.84. The fraction of sp³-hybridized carbons (Fsp3) is 0.947. The minimum atomic E-state index is -0.424. The Morgan fingerprint density at radius 3 is 2.48 bits per heavy atom. The van der Waals surface area contributed by atoms with Crippen LogP contribution >= 0.6 is 0 Å². The van der Waals surface area contributed by atoms with Crippen molar-refractivity contribution in [1.82, 2.24) is 10.6 Å². The third-order valence-electron chi connectivity index (χ3n) is 4.50. The molecule has 0 aliphatic heterocycles. The molecule has 0 aromatic heterocycles. The highest BCUT2D eigenvalue weighted by Crippen LogP contribution is 2.24. The van der Waals surface area contributed by atoms with Gasteiger partial charge in [0.2, 0.25) is 0 Å². The maximum atomic E-state index is 11.8. The standard InChI is InChI=1S/C19H38N2O2/c1-5-6-7-8-11-14-20-17-13-10-9-12-16(17)15-21-18(22)23-19(2,3)4/h16-17,20H,5-15H2,1-4H3,(H,21,22). The van der Waals surface area contributed by atoms with Gasteiger partial charge in [-0.05, 0) is 52.5 Å². The number of rotatable bonds is 9. The Kier molecular flexibility index (Phi) is 9.61. The summed E-state index contributed by atoms with van der Waals surface area (Å²) in [6.07, 6.45) is 11.3. The summed E-state index contributed by atoms with van der Waals surface area (Å²) in [5.74, 6) is 0.534. The van der Waals surface area contributed by atoms with Gasteiger partial charge in [0.25, 0.3) is 0 Å². The molecule has 2 N–H and O–H groups in total. The maximum absolute atomic E-state index is 11.8. The zero-order valence-corrected chi connectivity index (χ0v) is 15.7. The van der Waals surface area contributed by atoms with E-state index in [0.29, 0.717) is 12.0 Å². The van der Waals surface area contributed by atoms with E-state index in [1.165, 1.54) is 57.8 Å². The predicted octanol–water partition coefficient (Wildman–Crippen LogP) is 4.63. The largest absolute Gasteiger partial charge is 0.444 e. The molecule has 1 aliphatic carbocycles. The van der Waals surface area contributed by atoms with Crippen LogP contribution in [0, 0.1) is 5.92 Å². The molecule has 1 aliphatic rings. The minimum Gasteiger partial charge on any atom is -0.444 e. The van der Waals surface area contributed by atoms with E-state index in [9.17, 15) is 4.79 Å². The number of carbonyl (C=O) groups excluding carboxylic acids is 1. The second kappa shape index (κ2) is 10.9. The molecule has 0 bridgehead atoms. The summed E-state index contributed by atoms with van der Waals surface area (Å²) < 4.78 is 5.33. The molecule has 1 saturated carbocycles. The second-order valence-electron chi connectivity index (χ2n) is 7.90. The van der Waals surface area contributed by atoms with Gasteiger partial charge in [0.15, 0.2) is 0 Å². The van der Waals surface area contributed by atoms with Crippen molar-refractivity contribution in [2.24, 2.45) is 5.92 Å². The Morgan fingerprint density at radius 2 is 1.78 bits per heavy atom. The molecule has 0 spiro atoms. The molecule has 23 heavy (non-hydrogen) atoms. The molecule has 4 heteroatoms. The van der Waals surface area contributed by atoms with Crippen LogP contribution in [0.5, 0.6) is 0 Å². The summed E-state index contributed by atoms with van der Waals surface area (Å²) in [7, 11) is 0. The van der Waals surface area contributed by atoms with Crippen molar-refractivity contribution in [2.45, 2.75) is 97.1 Å². The lowest BCUT2D eigenvalue weighted by molar-refractivity contribution is 0.0510. The fourth-order valence-electron chi connectivity index (χ4n) is 3.27. The van der Waals surface area contributed by atoms with E-state index in [-0.39, 0.29) is 6.09 Å². The van der Waals surface area contributed by atoms with Gasteiger partial charge >= 0.3 is 6.09 Å². The summed E-state index contributed by atoms with van der Waals surface area (Å²) in [4.78, 5) is 11.8. The van der Waals surface area contributed by atoms with E-state index < -0.39 is 5.60 Å². The zero-order chi connectivity index (χ0) is 17.1. The number of nitrogens with one attached hydrogen (secondary N) is 2. The summed E-state index contributed by atoms with van der Waals surface area (Å²) >= 11 is 0. The van der Waals surface area contributed by atoms with Crippen LogP contribution in [0.3, 0.4) is 0 Å². The molecule has 0 aromatic carbocycles. The average Bonchev–Trinajstić information content (AvgIpc) is 2.48. The monoisotopic (exact) mass is 326 g/mol.